The van der Waals surface area contributed by atoms with Crippen molar-refractivity contribution in [1.29, 1.82) is 0 Å². The maximum atomic E-state index is 12.1. The van der Waals surface area contributed by atoms with Crippen molar-refractivity contribution in [2.45, 2.75) is 26.2 Å². The molecule has 19 heavy (non-hydrogen) atoms. The number of nitrogens with one attached hydrogen (secondary N) is 1. The Balaban J connectivity index is 1.94. The molecule has 1 aliphatic carbocycles. The van der Waals surface area contributed by atoms with E-state index in [0.717, 1.165) is 24.8 Å². The number of hydrogen-bond acceptors (Lipinski definition) is 3. The summed E-state index contributed by atoms with van der Waals surface area (Å²) in [6, 6.07) is 4.74. The number of aromatic hydroxyl groups is 1. The summed E-state index contributed by atoms with van der Waals surface area (Å²) in [5.41, 5.74) is 1.36. The maximum absolute atomic E-state index is 12.1. The molecule has 0 radical (unpaired) electrons. The smallest absolute Gasteiger partial charge is 0.251 e. The van der Waals surface area contributed by atoms with Gasteiger partial charge < -0.3 is 15.5 Å². The molecule has 0 spiro atoms. The Bertz CT molecular complexity index is 459. The van der Waals surface area contributed by atoms with E-state index in [-0.39, 0.29) is 18.3 Å². The third-order valence-electron chi connectivity index (χ3n) is 4.03. The predicted molar refractivity (Wildman–Crippen MR) is 73.1 cm³/mol. The molecule has 4 heteroatoms. The Labute approximate surface area is 113 Å². The first-order chi connectivity index (χ1) is 9.11. The van der Waals surface area contributed by atoms with Crippen molar-refractivity contribution < 1.29 is 15.0 Å². The summed E-state index contributed by atoms with van der Waals surface area (Å²) >= 11 is 0. The van der Waals surface area contributed by atoms with Crippen LogP contribution in [0.3, 0.4) is 0 Å². The van der Waals surface area contributed by atoms with Crippen molar-refractivity contribution in [1.82, 2.24) is 5.32 Å². The lowest BCUT2D eigenvalue weighted by atomic mass is 9.97. The molecule has 1 saturated carbocycles. The summed E-state index contributed by atoms with van der Waals surface area (Å²) in [5, 5.41) is 21.5. The van der Waals surface area contributed by atoms with Crippen LogP contribution in [-0.4, -0.2) is 29.3 Å². The van der Waals surface area contributed by atoms with Gasteiger partial charge >= 0.3 is 0 Å². The standard InChI is InChI=1S/C15H21NO3/c1-10-7-13(18)5-6-14(10)15(19)16-8-11-3-2-4-12(11)9-17/h5-7,11-12,17-18H,2-4,8-9H2,1H3,(H,16,19). The number of amides is 1. The molecule has 1 aromatic carbocycles. The lowest BCUT2D eigenvalue weighted by molar-refractivity contribution is 0.0937. The molecule has 0 bridgehead atoms. The van der Waals surface area contributed by atoms with E-state index in [1.165, 1.54) is 6.07 Å². The number of carbonyl (C=O) groups is 1. The van der Waals surface area contributed by atoms with Crippen LogP contribution in [0.2, 0.25) is 0 Å². The van der Waals surface area contributed by atoms with Gasteiger partial charge in [-0.15, -0.1) is 0 Å². The van der Waals surface area contributed by atoms with Crippen LogP contribution in [0.25, 0.3) is 0 Å². The number of aliphatic hydroxyl groups is 1. The summed E-state index contributed by atoms with van der Waals surface area (Å²) in [4.78, 5) is 12.1. The lowest BCUT2D eigenvalue weighted by Crippen LogP contribution is -2.32. The van der Waals surface area contributed by atoms with E-state index < -0.39 is 0 Å². The topological polar surface area (TPSA) is 69.6 Å². The molecule has 3 N–H and O–H groups in total. The van der Waals surface area contributed by atoms with E-state index in [4.69, 9.17) is 0 Å². The van der Waals surface area contributed by atoms with Crippen LogP contribution in [0.5, 0.6) is 5.75 Å². The van der Waals surface area contributed by atoms with Gasteiger partial charge in [0.1, 0.15) is 5.75 Å². The van der Waals surface area contributed by atoms with Gasteiger partial charge in [-0.3, -0.25) is 4.79 Å². The number of carbonyl (C=O) groups excluding carboxylic acids is 1. The third kappa shape index (κ3) is 3.26. The molecular weight excluding hydrogens is 242 g/mol. The Morgan fingerprint density at radius 2 is 2.11 bits per heavy atom. The molecule has 4 nitrogen and oxygen atoms in total. The van der Waals surface area contributed by atoms with Crippen molar-refractivity contribution in [3.05, 3.63) is 29.3 Å². The average molecular weight is 263 g/mol. The molecule has 2 rings (SSSR count). The van der Waals surface area contributed by atoms with Gasteiger partial charge in [-0.25, -0.2) is 0 Å². The van der Waals surface area contributed by atoms with Crippen LogP contribution in [-0.2, 0) is 0 Å². The fourth-order valence-corrected chi connectivity index (χ4v) is 2.84. The average Bonchev–Trinajstić information content (AvgIpc) is 2.83. The van der Waals surface area contributed by atoms with E-state index in [1.807, 2.05) is 0 Å². The molecule has 0 heterocycles. The Morgan fingerprint density at radius 1 is 1.37 bits per heavy atom. The Hall–Kier alpha value is -1.55. The van der Waals surface area contributed by atoms with Gasteiger partial charge in [-0.1, -0.05) is 6.42 Å². The maximum Gasteiger partial charge on any atom is 0.251 e. The van der Waals surface area contributed by atoms with Crippen molar-refractivity contribution in [2.24, 2.45) is 11.8 Å². The van der Waals surface area contributed by atoms with Crippen LogP contribution in [0, 0.1) is 18.8 Å². The largest absolute Gasteiger partial charge is 0.508 e. The molecule has 1 fully saturated rings. The summed E-state index contributed by atoms with van der Waals surface area (Å²) < 4.78 is 0. The van der Waals surface area contributed by atoms with Crippen molar-refractivity contribution in [2.75, 3.05) is 13.2 Å². The molecule has 2 unspecified atom stereocenters. The number of benzene rings is 1. The minimum absolute atomic E-state index is 0.110. The fraction of sp³-hybridized carbons (Fsp3) is 0.533. The first kappa shape index (κ1) is 13.9. The summed E-state index contributed by atoms with van der Waals surface area (Å²) in [5.74, 6) is 0.763. The first-order valence-electron chi connectivity index (χ1n) is 6.80. The second-order valence-electron chi connectivity index (χ2n) is 5.34. The van der Waals surface area contributed by atoms with Gasteiger partial charge in [0.25, 0.3) is 5.91 Å². The summed E-state index contributed by atoms with van der Waals surface area (Å²) in [6.45, 7) is 2.63. The van der Waals surface area contributed by atoms with Gasteiger partial charge in [0.15, 0.2) is 0 Å². The number of aryl methyl sites for hydroxylation is 1. The van der Waals surface area contributed by atoms with E-state index >= 15 is 0 Å². The van der Waals surface area contributed by atoms with Crippen LogP contribution >= 0.6 is 0 Å². The van der Waals surface area contributed by atoms with Crippen molar-refractivity contribution in [3.63, 3.8) is 0 Å². The molecule has 0 aromatic heterocycles. The molecule has 0 saturated heterocycles. The summed E-state index contributed by atoms with van der Waals surface area (Å²) in [6.07, 6.45) is 3.25. The highest BCUT2D eigenvalue weighted by Crippen LogP contribution is 2.30. The second kappa shape index (κ2) is 6.06. The zero-order valence-electron chi connectivity index (χ0n) is 11.2. The highest BCUT2D eigenvalue weighted by molar-refractivity contribution is 5.95. The normalized spacial score (nSPS) is 22.4. The highest BCUT2D eigenvalue weighted by Gasteiger charge is 2.26. The number of hydrogen-bond donors (Lipinski definition) is 3. The monoisotopic (exact) mass is 263 g/mol. The van der Waals surface area contributed by atoms with Crippen LogP contribution < -0.4 is 5.32 Å². The minimum atomic E-state index is -0.110. The predicted octanol–water partition coefficient (Wildman–Crippen LogP) is 1.84. The Kier molecular flexibility index (Phi) is 4.43. The lowest BCUT2D eigenvalue weighted by Gasteiger charge is -2.18. The fourth-order valence-electron chi connectivity index (χ4n) is 2.84. The SMILES string of the molecule is Cc1cc(O)ccc1C(=O)NCC1CCCC1CO. The summed E-state index contributed by atoms with van der Waals surface area (Å²) in [7, 11) is 0. The van der Waals surface area contributed by atoms with E-state index in [2.05, 4.69) is 5.32 Å². The molecule has 0 aliphatic heterocycles. The number of phenolic OH excluding ortho intramolecular Hbond substituents is 1. The van der Waals surface area contributed by atoms with Crippen LogP contribution in [0.1, 0.15) is 35.2 Å². The second-order valence-corrected chi connectivity index (χ2v) is 5.34. The molecule has 1 aliphatic rings. The molecule has 104 valence electrons. The Morgan fingerprint density at radius 3 is 2.79 bits per heavy atom. The van der Waals surface area contributed by atoms with Gasteiger partial charge in [-0.2, -0.15) is 0 Å². The zero-order chi connectivity index (χ0) is 13.8. The quantitative estimate of drug-likeness (QED) is 0.776. The van der Waals surface area contributed by atoms with Gasteiger partial charge in [0, 0.05) is 18.7 Å². The first-order valence-corrected chi connectivity index (χ1v) is 6.80. The van der Waals surface area contributed by atoms with E-state index in [9.17, 15) is 15.0 Å². The van der Waals surface area contributed by atoms with E-state index in [1.54, 1.807) is 19.1 Å². The molecule has 1 amide bonds. The third-order valence-corrected chi connectivity index (χ3v) is 4.03. The molecule has 1 aromatic rings. The molecule has 2 atom stereocenters. The van der Waals surface area contributed by atoms with Crippen LogP contribution in [0.15, 0.2) is 18.2 Å². The van der Waals surface area contributed by atoms with Gasteiger partial charge in [0.05, 0.1) is 0 Å². The molecular formula is C15H21NO3. The number of rotatable bonds is 4. The highest BCUT2D eigenvalue weighted by atomic mass is 16.3. The zero-order valence-corrected chi connectivity index (χ0v) is 11.2. The van der Waals surface area contributed by atoms with Crippen LogP contribution in [0.4, 0.5) is 0 Å². The van der Waals surface area contributed by atoms with Gasteiger partial charge in [0.2, 0.25) is 0 Å². The minimum Gasteiger partial charge on any atom is -0.508 e. The number of aliphatic hydroxyl groups excluding tert-OH is 1. The van der Waals surface area contributed by atoms with Gasteiger partial charge in [-0.05, 0) is 55.4 Å². The van der Waals surface area contributed by atoms with Crippen molar-refractivity contribution in [3.8, 4) is 5.75 Å². The van der Waals surface area contributed by atoms with Crippen molar-refractivity contribution >= 4 is 5.91 Å². The van der Waals surface area contributed by atoms with E-state index in [0.29, 0.717) is 23.9 Å². The number of phenols is 1.